The van der Waals surface area contributed by atoms with Crippen molar-refractivity contribution in [1.82, 2.24) is 24.9 Å². The third-order valence-corrected chi connectivity index (χ3v) is 3.03. The van der Waals surface area contributed by atoms with Gasteiger partial charge in [-0.25, -0.2) is 0 Å². The highest BCUT2D eigenvalue weighted by Crippen LogP contribution is 2.23. The Morgan fingerprint density at radius 3 is 2.44 bits per heavy atom. The summed E-state index contributed by atoms with van der Waals surface area (Å²) in [5.74, 6) is 0. The molecule has 0 fully saturated rings. The van der Waals surface area contributed by atoms with E-state index in [2.05, 4.69) is 22.4 Å². The quantitative estimate of drug-likeness (QED) is 0.829. The zero-order chi connectivity index (χ0) is 11.7. The minimum Gasteiger partial charge on any atom is -0.308 e. The molecule has 0 aliphatic carbocycles. The van der Waals surface area contributed by atoms with Gasteiger partial charge >= 0.3 is 0 Å². The second kappa shape index (κ2) is 4.09. The number of nitrogens with one attached hydrogen (secondary N) is 1. The van der Waals surface area contributed by atoms with Gasteiger partial charge in [0.1, 0.15) is 0 Å². The van der Waals surface area contributed by atoms with E-state index in [1.807, 2.05) is 49.0 Å². The van der Waals surface area contributed by atoms with Crippen LogP contribution in [0.15, 0.2) is 18.5 Å². The first-order valence-corrected chi connectivity index (χ1v) is 5.28. The van der Waals surface area contributed by atoms with Gasteiger partial charge < -0.3 is 5.32 Å². The molecule has 16 heavy (non-hydrogen) atoms. The Morgan fingerprint density at radius 1 is 1.25 bits per heavy atom. The van der Waals surface area contributed by atoms with E-state index >= 15 is 0 Å². The number of nitrogens with zero attached hydrogens (tertiary/aromatic N) is 4. The van der Waals surface area contributed by atoms with Crippen molar-refractivity contribution < 1.29 is 0 Å². The molecule has 2 heterocycles. The van der Waals surface area contributed by atoms with E-state index in [0.29, 0.717) is 0 Å². The van der Waals surface area contributed by atoms with Gasteiger partial charge in [0.15, 0.2) is 0 Å². The maximum atomic E-state index is 4.27. The van der Waals surface area contributed by atoms with Crippen molar-refractivity contribution in [3.8, 4) is 0 Å². The molecular weight excluding hydrogens is 202 g/mol. The molecule has 0 saturated carbocycles. The van der Waals surface area contributed by atoms with Crippen LogP contribution < -0.4 is 5.32 Å². The van der Waals surface area contributed by atoms with Gasteiger partial charge in [0.25, 0.3) is 0 Å². The maximum absolute atomic E-state index is 4.27. The second-order valence-corrected chi connectivity index (χ2v) is 3.91. The van der Waals surface area contributed by atoms with Crippen LogP contribution in [0.5, 0.6) is 0 Å². The molecule has 0 aromatic carbocycles. The minimum absolute atomic E-state index is 0.140. The summed E-state index contributed by atoms with van der Waals surface area (Å²) < 4.78 is 3.77. The minimum atomic E-state index is 0.140. The van der Waals surface area contributed by atoms with Crippen LogP contribution in [0.1, 0.15) is 23.0 Å². The molecular formula is C11H17N5. The van der Waals surface area contributed by atoms with Crippen molar-refractivity contribution in [3.63, 3.8) is 0 Å². The van der Waals surface area contributed by atoms with Crippen LogP contribution in [-0.4, -0.2) is 26.6 Å². The number of rotatable bonds is 3. The molecule has 1 atom stereocenters. The van der Waals surface area contributed by atoms with Gasteiger partial charge in [-0.1, -0.05) is 0 Å². The van der Waals surface area contributed by atoms with Crippen LogP contribution in [0.2, 0.25) is 0 Å². The van der Waals surface area contributed by atoms with Crippen molar-refractivity contribution in [3.05, 3.63) is 35.4 Å². The standard InChI is InChI=1S/C11H17N5/c1-8-9(7-14-15(8)3)11(12-2)10-5-6-13-16(10)4/h5-7,11-12H,1-4H3. The fourth-order valence-electron chi connectivity index (χ4n) is 1.93. The highest BCUT2D eigenvalue weighted by molar-refractivity contribution is 5.28. The molecule has 0 spiro atoms. The van der Waals surface area contributed by atoms with Crippen LogP contribution in [0.3, 0.4) is 0 Å². The zero-order valence-corrected chi connectivity index (χ0v) is 10.1. The lowest BCUT2D eigenvalue weighted by Crippen LogP contribution is -2.21. The topological polar surface area (TPSA) is 47.7 Å². The predicted molar refractivity (Wildman–Crippen MR) is 62.1 cm³/mol. The van der Waals surface area contributed by atoms with Gasteiger partial charge in [-0.15, -0.1) is 0 Å². The van der Waals surface area contributed by atoms with E-state index in [1.165, 1.54) is 11.3 Å². The summed E-state index contributed by atoms with van der Waals surface area (Å²) in [4.78, 5) is 0. The van der Waals surface area contributed by atoms with Crippen molar-refractivity contribution in [2.75, 3.05) is 7.05 Å². The molecule has 2 aromatic rings. The van der Waals surface area contributed by atoms with E-state index in [4.69, 9.17) is 0 Å². The summed E-state index contributed by atoms with van der Waals surface area (Å²) in [5.41, 5.74) is 3.49. The molecule has 0 aliphatic heterocycles. The molecule has 1 unspecified atom stereocenters. The molecule has 0 aliphatic rings. The molecule has 5 nitrogen and oxygen atoms in total. The number of aromatic nitrogens is 4. The number of hydrogen-bond donors (Lipinski definition) is 1. The average molecular weight is 219 g/mol. The first-order valence-electron chi connectivity index (χ1n) is 5.28. The van der Waals surface area contributed by atoms with Crippen molar-refractivity contribution in [2.45, 2.75) is 13.0 Å². The molecule has 1 N–H and O–H groups in total. The van der Waals surface area contributed by atoms with Gasteiger partial charge in [0.2, 0.25) is 0 Å². The molecule has 0 amide bonds. The molecule has 2 aromatic heterocycles. The fourth-order valence-corrected chi connectivity index (χ4v) is 1.93. The van der Waals surface area contributed by atoms with Crippen LogP contribution >= 0.6 is 0 Å². The van der Waals surface area contributed by atoms with Crippen molar-refractivity contribution in [1.29, 1.82) is 0 Å². The smallest absolute Gasteiger partial charge is 0.0779 e. The summed E-state index contributed by atoms with van der Waals surface area (Å²) in [6.07, 6.45) is 3.72. The van der Waals surface area contributed by atoms with Gasteiger partial charge in [0.05, 0.1) is 17.9 Å². The SMILES string of the molecule is CNC(c1cnn(C)c1C)c1ccnn1C. The molecule has 0 radical (unpaired) electrons. The first-order chi connectivity index (χ1) is 7.65. The van der Waals surface area contributed by atoms with Crippen LogP contribution in [-0.2, 0) is 14.1 Å². The number of aryl methyl sites for hydroxylation is 2. The van der Waals surface area contributed by atoms with E-state index in [0.717, 1.165) is 5.69 Å². The Labute approximate surface area is 95.1 Å². The number of hydrogen-bond acceptors (Lipinski definition) is 3. The van der Waals surface area contributed by atoms with Gasteiger partial charge in [0, 0.05) is 31.5 Å². The van der Waals surface area contributed by atoms with Crippen LogP contribution in [0.4, 0.5) is 0 Å². The Morgan fingerprint density at radius 2 is 2.00 bits per heavy atom. The summed E-state index contributed by atoms with van der Waals surface area (Å²) in [6.45, 7) is 2.07. The Kier molecular flexibility index (Phi) is 2.78. The third kappa shape index (κ3) is 1.63. The zero-order valence-electron chi connectivity index (χ0n) is 10.1. The molecule has 2 rings (SSSR count). The highest BCUT2D eigenvalue weighted by Gasteiger charge is 2.19. The van der Waals surface area contributed by atoms with Gasteiger partial charge in [-0.05, 0) is 20.0 Å². The predicted octanol–water partition coefficient (Wildman–Crippen LogP) is 0.771. The largest absolute Gasteiger partial charge is 0.308 e. The summed E-state index contributed by atoms with van der Waals surface area (Å²) in [6, 6.07) is 2.16. The molecule has 5 heteroatoms. The molecule has 0 saturated heterocycles. The van der Waals surface area contributed by atoms with E-state index in [-0.39, 0.29) is 6.04 Å². The Bertz CT molecular complexity index is 482. The lowest BCUT2D eigenvalue weighted by Gasteiger charge is -2.16. The third-order valence-electron chi connectivity index (χ3n) is 3.03. The normalized spacial score (nSPS) is 13.0. The van der Waals surface area contributed by atoms with E-state index in [9.17, 15) is 0 Å². The van der Waals surface area contributed by atoms with E-state index in [1.54, 1.807) is 0 Å². The highest BCUT2D eigenvalue weighted by atomic mass is 15.3. The lowest BCUT2D eigenvalue weighted by atomic mass is 10.1. The van der Waals surface area contributed by atoms with Crippen molar-refractivity contribution in [2.24, 2.45) is 14.1 Å². The van der Waals surface area contributed by atoms with Crippen molar-refractivity contribution >= 4 is 0 Å². The average Bonchev–Trinajstić information content (AvgIpc) is 2.81. The molecule has 0 bridgehead atoms. The fraction of sp³-hybridized carbons (Fsp3) is 0.455. The first kappa shape index (κ1) is 10.9. The Balaban J connectivity index is 2.45. The maximum Gasteiger partial charge on any atom is 0.0779 e. The van der Waals surface area contributed by atoms with Crippen LogP contribution in [0.25, 0.3) is 0 Å². The monoisotopic (exact) mass is 219 g/mol. The molecule has 86 valence electrons. The summed E-state index contributed by atoms with van der Waals surface area (Å²) >= 11 is 0. The summed E-state index contributed by atoms with van der Waals surface area (Å²) in [5, 5.41) is 11.8. The van der Waals surface area contributed by atoms with Gasteiger partial charge in [-0.2, -0.15) is 10.2 Å². The van der Waals surface area contributed by atoms with Gasteiger partial charge in [-0.3, -0.25) is 9.36 Å². The lowest BCUT2D eigenvalue weighted by molar-refractivity contribution is 0.602. The second-order valence-electron chi connectivity index (χ2n) is 3.91. The Hall–Kier alpha value is -1.62. The van der Waals surface area contributed by atoms with Crippen LogP contribution in [0, 0.1) is 6.92 Å². The summed E-state index contributed by atoms with van der Waals surface area (Å²) in [7, 11) is 5.85. The van der Waals surface area contributed by atoms with E-state index < -0.39 is 0 Å².